The largest absolute Gasteiger partial charge is 0.477 e. The third-order valence-corrected chi connectivity index (χ3v) is 3.59. The fourth-order valence-corrected chi connectivity index (χ4v) is 2.54. The molecule has 2 N–H and O–H groups in total. The van der Waals surface area contributed by atoms with Crippen LogP contribution in [0, 0.1) is 0 Å². The highest BCUT2D eigenvalue weighted by atomic mass is 35.5. The number of halogens is 1. The highest BCUT2D eigenvalue weighted by Gasteiger charge is 2.22. The monoisotopic (exact) mass is 241 g/mol. The van der Waals surface area contributed by atoms with Gasteiger partial charge in [0.15, 0.2) is 0 Å². The maximum Gasteiger partial charge on any atom is 0.344 e. The Labute approximate surface area is 96.1 Å². The SMILES string of the molecule is CC1=C(C(=O)O)Sc2cccc(Cl)c2N1. The zero-order valence-electron chi connectivity index (χ0n) is 7.87. The zero-order chi connectivity index (χ0) is 11.0. The van der Waals surface area contributed by atoms with Crippen LogP contribution >= 0.6 is 23.4 Å². The Hall–Kier alpha value is -1.13. The number of aliphatic carboxylic acids is 1. The summed E-state index contributed by atoms with van der Waals surface area (Å²) in [5.74, 6) is -0.921. The molecule has 5 heteroatoms. The molecule has 0 spiro atoms. The van der Waals surface area contributed by atoms with E-state index in [4.69, 9.17) is 16.7 Å². The van der Waals surface area contributed by atoms with E-state index in [0.29, 0.717) is 15.6 Å². The summed E-state index contributed by atoms with van der Waals surface area (Å²) in [7, 11) is 0. The Morgan fingerprint density at radius 1 is 1.53 bits per heavy atom. The first-order valence-electron chi connectivity index (χ1n) is 4.27. The molecule has 0 atom stereocenters. The molecular weight excluding hydrogens is 234 g/mol. The van der Waals surface area contributed by atoms with Gasteiger partial charge in [0.1, 0.15) is 4.91 Å². The maximum atomic E-state index is 10.9. The van der Waals surface area contributed by atoms with Gasteiger partial charge in [0.05, 0.1) is 10.7 Å². The Kier molecular flexibility index (Phi) is 2.63. The number of carbonyl (C=O) groups is 1. The molecule has 0 radical (unpaired) electrons. The number of carboxylic acids is 1. The number of hydrogen-bond donors (Lipinski definition) is 2. The van der Waals surface area contributed by atoms with Crippen LogP contribution in [0.2, 0.25) is 5.02 Å². The van der Waals surface area contributed by atoms with Crippen molar-refractivity contribution in [1.29, 1.82) is 0 Å². The van der Waals surface area contributed by atoms with E-state index in [0.717, 1.165) is 10.6 Å². The molecule has 0 aromatic heterocycles. The average Bonchev–Trinajstić information content (AvgIpc) is 2.18. The second kappa shape index (κ2) is 3.79. The lowest BCUT2D eigenvalue weighted by molar-refractivity contribution is -0.131. The molecule has 3 nitrogen and oxygen atoms in total. The van der Waals surface area contributed by atoms with Gasteiger partial charge in [-0.1, -0.05) is 29.4 Å². The van der Waals surface area contributed by atoms with Gasteiger partial charge in [-0.2, -0.15) is 0 Å². The summed E-state index contributed by atoms with van der Waals surface area (Å²) in [6, 6.07) is 5.41. The van der Waals surface area contributed by atoms with E-state index < -0.39 is 5.97 Å². The first-order chi connectivity index (χ1) is 7.09. The highest BCUT2D eigenvalue weighted by molar-refractivity contribution is 8.04. The molecular formula is C10H8ClNO2S. The second-order valence-electron chi connectivity index (χ2n) is 3.10. The minimum absolute atomic E-state index is 0.310. The fourth-order valence-electron chi connectivity index (χ4n) is 1.35. The van der Waals surface area contributed by atoms with Gasteiger partial charge in [-0.3, -0.25) is 0 Å². The van der Waals surface area contributed by atoms with Gasteiger partial charge in [-0.15, -0.1) is 0 Å². The molecule has 0 fully saturated rings. The third kappa shape index (κ3) is 1.82. The van der Waals surface area contributed by atoms with Crippen LogP contribution in [0.15, 0.2) is 33.7 Å². The predicted octanol–water partition coefficient (Wildman–Crippen LogP) is 3.17. The number of benzene rings is 1. The quantitative estimate of drug-likeness (QED) is 0.793. The van der Waals surface area contributed by atoms with E-state index in [1.165, 1.54) is 11.8 Å². The van der Waals surface area contributed by atoms with Crippen molar-refractivity contribution in [2.75, 3.05) is 5.32 Å². The van der Waals surface area contributed by atoms with Crippen LogP contribution in [0.5, 0.6) is 0 Å². The van der Waals surface area contributed by atoms with Crippen molar-refractivity contribution in [3.05, 3.63) is 33.8 Å². The number of thioether (sulfide) groups is 1. The molecule has 2 rings (SSSR count). The molecule has 1 aliphatic rings. The summed E-state index contributed by atoms with van der Waals surface area (Å²) in [6.45, 7) is 1.72. The lowest BCUT2D eigenvalue weighted by atomic mass is 10.3. The van der Waals surface area contributed by atoms with Crippen LogP contribution in [0.3, 0.4) is 0 Å². The maximum absolute atomic E-state index is 10.9. The molecule has 0 unspecified atom stereocenters. The molecule has 0 saturated heterocycles. The molecule has 0 aliphatic carbocycles. The first-order valence-corrected chi connectivity index (χ1v) is 5.46. The number of fused-ring (bicyclic) bond motifs is 1. The van der Waals surface area contributed by atoms with Gasteiger partial charge < -0.3 is 10.4 Å². The normalized spacial score (nSPS) is 14.5. The third-order valence-electron chi connectivity index (χ3n) is 2.03. The van der Waals surface area contributed by atoms with Crippen molar-refractivity contribution >= 4 is 35.0 Å². The van der Waals surface area contributed by atoms with Gasteiger partial charge in [0, 0.05) is 10.6 Å². The number of hydrogen-bond acceptors (Lipinski definition) is 3. The molecule has 0 saturated carbocycles. The van der Waals surface area contributed by atoms with Crippen LogP contribution < -0.4 is 5.32 Å². The molecule has 78 valence electrons. The predicted molar refractivity (Wildman–Crippen MR) is 61.3 cm³/mol. The lowest BCUT2D eigenvalue weighted by Gasteiger charge is -2.20. The van der Waals surface area contributed by atoms with E-state index in [-0.39, 0.29) is 0 Å². The molecule has 15 heavy (non-hydrogen) atoms. The van der Waals surface area contributed by atoms with Crippen molar-refractivity contribution in [2.45, 2.75) is 11.8 Å². The van der Waals surface area contributed by atoms with Crippen molar-refractivity contribution in [3.8, 4) is 0 Å². The molecule has 1 aromatic carbocycles. The molecule has 1 aliphatic heterocycles. The van der Waals surface area contributed by atoms with Crippen molar-refractivity contribution in [2.24, 2.45) is 0 Å². The Morgan fingerprint density at radius 2 is 2.27 bits per heavy atom. The summed E-state index contributed by atoms with van der Waals surface area (Å²) < 4.78 is 0. The summed E-state index contributed by atoms with van der Waals surface area (Å²) in [5, 5.41) is 12.6. The average molecular weight is 242 g/mol. The number of para-hydroxylation sites is 1. The number of allylic oxidation sites excluding steroid dienone is 1. The highest BCUT2D eigenvalue weighted by Crippen LogP contribution is 2.42. The summed E-state index contributed by atoms with van der Waals surface area (Å²) >= 11 is 7.21. The molecule has 1 heterocycles. The van der Waals surface area contributed by atoms with Crippen LogP contribution in [0.4, 0.5) is 5.69 Å². The number of anilines is 1. The standard InChI is InChI=1S/C10H8ClNO2S/c1-5-9(10(13)14)15-7-4-2-3-6(11)8(7)12-5/h2-4,12H,1H3,(H,13,14). The first kappa shape index (κ1) is 10.4. The van der Waals surface area contributed by atoms with Crippen molar-refractivity contribution in [1.82, 2.24) is 0 Å². The minimum atomic E-state index is -0.921. The second-order valence-corrected chi connectivity index (χ2v) is 4.56. The van der Waals surface area contributed by atoms with Gasteiger partial charge in [0.25, 0.3) is 0 Å². The number of carboxylic acid groups (broad SMARTS) is 1. The topological polar surface area (TPSA) is 49.3 Å². The molecule has 1 aromatic rings. The van der Waals surface area contributed by atoms with Gasteiger partial charge in [-0.05, 0) is 19.1 Å². The fraction of sp³-hybridized carbons (Fsp3) is 0.100. The summed E-state index contributed by atoms with van der Waals surface area (Å²) in [5.41, 5.74) is 1.40. The van der Waals surface area contributed by atoms with Crippen LogP contribution in [0.1, 0.15) is 6.92 Å². The molecule has 0 bridgehead atoms. The number of rotatable bonds is 1. The zero-order valence-corrected chi connectivity index (χ0v) is 9.45. The summed E-state index contributed by atoms with van der Waals surface area (Å²) in [6.07, 6.45) is 0. The van der Waals surface area contributed by atoms with Crippen LogP contribution in [-0.2, 0) is 4.79 Å². The van der Waals surface area contributed by atoms with Crippen molar-refractivity contribution < 1.29 is 9.90 Å². The van der Waals surface area contributed by atoms with Crippen LogP contribution in [-0.4, -0.2) is 11.1 Å². The van der Waals surface area contributed by atoms with Gasteiger partial charge >= 0.3 is 5.97 Å². The Balaban J connectivity index is 2.47. The van der Waals surface area contributed by atoms with Gasteiger partial charge in [-0.25, -0.2) is 4.79 Å². The van der Waals surface area contributed by atoms with Crippen molar-refractivity contribution in [3.63, 3.8) is 0 Å². The number of nitrogens with one attached hydrogen (secondary N) is 1. The lowest BCUT2D eigenvalue weighted by Crippen LogP contribution is -2.11. The smallest absolute Gasteiger partial charge is 0.344 e. The van der Waals surface area contributed by atoms with E-state index in [1.807, 2.05) is 6.07 Å². The Bertz CT molecular complexity index is 470. The minimum Gasteiger partial charge on any atom is -0.477 e. The van der Waals surface area contributed by atoms with E-state index in [9.17, 15) is 4.79 Å². The van der Waals surface area contributed by atoms with E-state index >= 15 is 0 Å². The van der Waals surface area contributed by atoms with E-state index in [1.54, 1.807) is 19.1 Å². The van der Waals surface area contributed by atoms with Crippen LogP contribution in [0.25, 0.3) is 0 Å². The summed E-state index contributed by atoms with van der Waals surface area (Å²) in [4.78, 5) is 12.1. The van der Waals surface area contributed by atoms with E-state index in [2.05, 4.69) is 5.32 Å². The Morgan fingerprint density at radius 3 is 2.93 bits per heavy atom. The molecule has 0 amide bonds. The van der Waals surface area contributed by atoms with Gasteiger partial charge in [0.2, 0.25) is 0 Å².